The van der Waals surface area contributed by atoms with Gasteiger partial charge in [0, 0.05) is 0 Å². The maximum Gasteiger partial charge on any atom is 0.310 e. The van der Waals surface area contributed by atoms with Crippen molar-refractivity contribution >= 4 is 5.97 Å². The fourth-order valence-electron chi connectivity index (χ4n) is 0.919. The van der Waals surface area contributed by atoms with Crippen molar-refractivity contribution in [2.75, 3.05) is 0 Å². The highest BCUT2D eigenvalue weighted by Gasteiger charge is 2.13. The Hall–Kier alpha value is -0.790. The van der Waals surface area contributed by atoms with Crippen LogP contribution in [0, 0.1) is 5.92 Å². The lowest BCUT2D eigenvalue weighted by atomic mass is 9.99. The van der Waals surface area contributed by atoms with E-state index in [9.17, 15) is 4.79 Å². The molecule has 1 atom stereocenters. The maximum atomic E-state index is 10.4. The number of rotatable bonds is 3. The Morgan fingerprint density at radius 2 is 2.20 bits per heavy atom. The third-order valence-electron chi connectivity index (χ3n) is 1.71. The Labute approximate surface area is 61.6 Å². The molecule has 0 aliphatic rings. The number of carbonyl (C=O) groups is 1. The molecule has 0 saturated carbocycles. The van der Waals surface area contributed by atoms with Gasteiger partial charge in [0.15, 0.2) is 0 Å². The molecule has 0 aromatic carbocycles. The van der Waals surface area contributed by atoms with Crippen molar-refractivity contribution in [2.24, 2.45) is 5.92 Å². The van der Waals surface area contributed by atoms with Crippen molar-refractivity contribution in [3.05, 3.63) is 11.6 Å². The van der Waals surface area contributed by atoms with Gasteiger partial charge in [0.2, 0.25) is 0 Å². The average molecular weight is 142 g/mol. The van der Waals surface area contributed by atoms with Gasteiger partial charge in [-0.25, -0.2) is 0 Å². The summed E-state index contributed by atoms with van der Waals surface area (Å²) in [7, 11) is 0. The van der Waals surface area contributed by atoms with Gasteiger partial charge in [-0.15, -0.1) is 0 Å². The van der Waals surface area contributed by atoms with Crippen LogP contribution in [0.3, 0.4) is 0 Å². The lowest BCUT2D eigenvalue weighted by Crippen LogP contribution is -2.11. The van der Waals surface area contributed by atoms with Crippen LogP contribution in [0.4, 0.5) is 0 Å². The molecule has 0 radical (unpaired) electrons. The fourth-order valence-corrected chi connectivity index (χ4v) is 0.919. The molecule has 0 aromatic heterocycles. The second-order valence-corrected chi connectivity index (χ2v) is 2.28. The number of allylic oxidation sites excluding steroid dienone is 1. The lowest BCUT2D eigenvalue weighted by Gasteiger charge is -2.07. The topological polar surface area (TPSA) is 37.3 Å². The van der Waals surface area contributed by atoms with E-state index in [2.05, 4.69) is 0 Å². The summed E-state index contributed by atoms with van der Waals surface area (Å²) in [5, 5.41) is 8.57. The lowest BCUT2D eigenvalue weighted by molar-refractivity contribution is -0.139. The largest absolute Gasteiger partial charge is 0.481 e. The van der Waals surface area contributed by atoms with Crippen molar-refractivity contribution in [3.63, 3.8) is 0 Å². The van der Waals surface area contributed by atoms with Gasteiger partial charge < -0.3 is 5.11 Å². The molecule has 0 spiro atoms. The van der Waals surface area contributed by atoms with Crippen molar-refractivity contribution in [1.82, 2.24) is 0 Å². The molecule has 58 valence electrons. The third-order valence-corrected chi connectivity index (χ3v) is 1.71. The first kappa shape index (κ1) is 9.21. The zero-order valence-electron chi connectivity index (χ0n) is 6.72. The molecule has 0 heterocycles. The molecule has 0 aliphatic carbocycles. The number of hydrogen-bond acceptors (Lipinski definition) is 1. The summed E-state index contributed by atoms with van der Waals surface area (Å²) >= 11 is 0. The van der Waals surface area contributed by atoms with Crippen LogP contribution in [0.1, 0.15) is 27.2 Å². The Balaban J connectivity index is 4.17. The highest BCUT2D eigenvalue weighted by molar-refractivity contribution is 5.72. The van der Waals surface area contributed by atoms with Gasteiger partial charge >= 0.3 is 5.97 Å². The molecule has 0 rings (SSSR count). The zero-order chi connectivity index (χ0) is 8.15. The van der Waals surface area contributed by atoms with Gasteiger partial charge in [-0.2, -0.15) is 0 Å². The Bertz CT molecular complexity index is 147. The minimum absolute atomic E-state index is 0.324. The molecular formula is C8H14O2. The van der Waals surface area contributed by atoms with E-state index in [1.54, 1.807) is 6.92 Å². The van der Waals surface area contributed by atoms with E-state index in [4.69, 9.17) is 5.11 Å². The van der Waals surface area contributed by atoms with E-state index in [0.717, 1.165) is 12.0 Å². The van der Waals surface area contributed by atoms with E-state index in [1.807, 2.05) is 19.9 Å². The summed E-state index contributed by atoms with van der Waals surface area (Å²) in [6, 6.07) is 0. The summed E-state index contributed by atoms with van der Waals surface area (Å²) in [6.45, 7) is 5.55. The quantitative estimate of drug-likeness (QED) is 0.612. The van der Waals surface area contributed by atoms with E-state index in [1.165, 1.54) is 0 Å². The van der Waals surface area contributed by atoms with Crippen LogP contribution in [0.15, 0.2) is 11.6 Å². The molecule has 2 nitrogen and oxygen atoms in total. The number of carboxylic acid groups (broad SMARTS) is 1. The van der Waals surface area contributed by atoms with Crippen LogP contribution >= 0.6 is 0 Å². The summed E-state index contributed by atoms with van der Waals surface area (Å²) in [4.78, 5) is 10.4. The van der Waals surface area contributed by atoms with Gasteiger partial charge in [-0.3, -0.25) is 4.79 Å². The molecule has 2 heteroatoms. The first-order valence-corrected chi connectivity index (χ1v) is 3.51. The molecule has 0 aromatic rings. The minimum atomic E-state index is -0.741. The number of carboxylic acids is 1. The molecule has 1 unspecified atom stereocenters. The predicted molar refractivity (Wildman–Crippen MR) is 40.8 cm³/mol. The summed E-state index contributed by atoms with van der Waals surface area (Å²) < 4.78 is 0. The Kier molecular flexibility index (Phi) is 3.77. The molecule has 1 N–H and O–H groups in total. The monoisotopic (exact) mass is 142 g/mol. The van der Waals surface area contributed by atoms with Crippen LogP contribution in [0.2, 0.25) is 0 Å². The fraction of sp³-hybridized carbons (Fsp3) is 0.625. The molecular weight excluding hydrogens is 128 g/mol. The Morgan fingerprint density at radius 3 is 2.30 bits per heavy atom. The van der Waals surface area contributed by atoms with Gasteiger partial charge in [-0.05, 0) is 20.3 Å². The molecule has 0 fully saturated rings. The Morgan fingerprint density at radius 1 is 1.70 bits per heavy atom. The third kappa shape index (κ3) is 2.21. The highest BCUT2D eigenvalue weighted by atomic mass is 16.4. The van der Waals surface area contributed by atoms with Gasteiger partial charge in [-0.1, -0.05) is 18.6 Å². The van der Waals surface area contributed by atoms with Crippen LogP contribution in [0.25, 0.3) is 0 Å². The summed E-state index contributed by atoms with van der Waals surface area (Å²) in [5.41, 5.74) is 0.993. The standard InChI is InChI=1S/C8H14O2/c1-4-7(5-2)6(3)8(9)10/h4,6H,5H2,1-3H3,(H,9,10). The van der Waals surface area contributed by atoms with Crippen molar-refractivity contribution < 1.29 is 9.90 Å². The van der Waals surface area contributed by atoms with Gasteiger partial charge in [0.05, 0.1) is 5.92 Å². The normalized spacial score (nSPS) is 14.9. The first-order valence-electron chi connectivity index (χ1n) is 3.51. The highest BCUT2D eigenvalue weighted by Crippen LogP contribution is 2.13. The van der Waals surface area contributed by atoms with Crippen molar-refractivity contribution in [2.45, 2.75) is 27.2 Å². The smallest absolute Gasteiger partial charge is 0.310 e. The molecule has 10 heavy (non-hydrogen) atoms. The second kappa shape index (κ2) is 4.09. The van der Waals surface area contributed by atoms with Crippen LogP contribution in [-0.2, 0) is 4.79 Å². The molecule has 0 bridgehead atoms. The van der Waals surface area contributed by atoms with E-state index in [-0.39, 0.29) is 5.92 Å². The molecule has 0 aliphatic heterocycles. The van der Waals surface area contributed by atoms with Crippen LogP contribution < -0.4 is 0 Å². The van der Waals surface area contributed by atoms with Gasteiger partial charge in [0.25, 0.3) is 0 Å². The maximum absolute atomic E-state index is 10.4. The van der Waals surface area contributed by atoms with E-state index < -0.39 is 5.97 Å². The zero-order valence-corrected chi connectivity index (χ0v) is 6.72. The minimum Gasteiger partial charge on any atom is -0.481 e. The van der Waals surface area contributed by atoms with Crippen molar-refractivity contribution in [3.8, 4) is 0 Å². The second-order valence-electron chi connectivity index (χ2n) is 2.28. The SMILES string of the molecule is CC=C(CC)C(C)C(=O)O. The number of aliphatic carboxylic acids is 1. The van der Waals surface area contributed by atoms with E-state index in [0.29, 0.717) is 0 Å². The molecule has 0 saturated heterocycles. The van der Waals surface area contributed by atoms with Gasteiger partial charge in [0.1, 0.15) is 0 Å². The summed E-state index contributed by atoms with van der Waals surface area (Å²) in [6.07, 6.45) is 2.70. The molecule has 0 amide bonds. The van der Waals surface area contributed by atoms with Crippen LogP contribution in [-0.4, -0.2) is 11.1 Å². The van der Waals surface area contributed by atoms with Crippen LogP contribution in [0.5, 0.6) is 0 Å². The summed E-state index contributed by atoms with van der Waals surface area (Å²) in [5.74, 6) is -1.06. The predicted octanol–water partition coefficient (Wildman–Crippen LogP) is 2.06. The average Bonchev–Trinajstić information content (AvgIpc) is 1.90. The first-order chi connectivity index (χ1) is 4.63. The number of hydrogen-bond donors (Lipinski definition) is 1. The van der Waals surface area contributed by atoms with E-state index >= 15 is 0 Å². The van der Waals surface area contributed by atoms with Crippen molar-refractivity contribution in [1.29, 1.82) is 0 Å².